The van der Waals surface area contributed by atoms with Gasteiger partial charge in [0.2, 0.25) is 0 Å². The van der Waals surface area contributed by atoms with E-state index in [0.717, 1.165) is 6.26 Å². The van der Waals surface area contributed by atoms with Crippen molar-refractivity contribution in [2.75, 3.05) is 11.6 Å². The molecule has 0 fully saturated rings. The molecule has 7 heteroatoms. The number of hydrogen-bond donors (Lipinski definition) is 2. The lowest BCUT2D eigenvalue weighted by Crippen LogP contribution is -2.20. The first-order chi connectivity index (χ1) is 9.38. The zero-order chi connectivity index (χ0) is 14.8. The van der Waals surface area contributed by atoms with Gasteiger partial charge in [-0.3, -0.25) is 9.59 Å². The van der Waals surface area contributed by atoms with Crippen LogP contribution in [-0.4, -0.2) is 25.6 Å². The van der Waals surface area contributed by atoms with E-state index >= 15 is 0 Å². The predicted octanol–water partition coefficient (Wildman–Crippen LogP) is 1.03. The molecule has 2 rings (SSSR count). The highest BCUT2D eigenvalue weighted by Gasteiger charge is 2.11. The number of benzene rings is 1. The predicted molar refractivity (Wildman–Crippen MR) is 74.6 cm³/mol. The van der Waals surface area contributed by atoms with Gasteiger partial charge in [-0.05, 0) is 24.3 Å². The SMILES string of the molecule is CS(=O)(=O)c1ccc(NC(=O)c2c[nH]ccc2=O)cc1. The summed E-state index contributed by atoms with van der Waals surface area (Å²) in [5.41, 5.74) is -0.000603. The van der Waals surface area contributed by atoms with Gasteiger partial charge in [-0.1, -0.05) is 0 Å². The standard InChI is InChI=1S/C13H12N2O4S/c1-20(18,19)10-4-2-9(3-5-10)15-13(17)11-8-14-7-6-12(11)16/h2-8H,1H3,(H,14,16)(H,15,17). The van der Waals surface area contributed by atoms with E-state index in [-0.39, 0.29) is 10.5 Å². The van der Waals surface area contributed by atoms with Gasteiger partial charge in [0.1, 0.15) is 5.56 Å². The summed E-state index contributed by atoms with van der Waals surface area (Å²) in [5.74, 6) is -0.557. The highest BCUT2D eigenvalue weighted by molar-refractivity contribution is 7.90. The van der Waals surface area contributed by atoms with Crippen LogP contribution in [0.2, 0.25) is 0 Å². The molecule has 0 radical (unpaired) electrons. The van der Waals surface area contributed by atoms with Crippen LogP contribution < -0.4 is 10.7 Å². The second-order valence-electron chi connectivity index (χ2n) is 4.17. The lowest BCUT2D eigenvalue weighted by Gasteiger charge is -2.05. The molecule has 0 unspecified atom stereocenters. The molecule has 0 aliphatic carbocycles. The molecule has 0 bridgehead atoms. The van der Waals surface area contributed by atoms with Crippen LogP contribution in [0.3, 0.4) is 0 Å². The van der Waals surface area contributed by atoms with E-state index in [1.54, 1.807) is 0 Å². The highest BCUT2D eigenvalue weighted by Crippen LogP contribution is 2.14. The van der Waals surface area contributed by atoms with E-state index in [1.165, 1.54) is 42.7 Å². The van der Waals surface area contributed by atoms with E-state index < -0.39 is 21.2 Å². The van der Waals surface area contributed by atoms with Gasteiger partial charge in [-0.25, -0.2) is 8.42 Å². The minimum atomic E-state index is -3.27. The van der Waals surface area contributed by atoms with Crippen LogP contribution in [-0.2, 0) is 9.84 Å². The monoisotopic (exact) mass is 292 g/mol. The van der Waals surface area contributed by atoms with Crippen molar-refractivity contribution in [1.82, 2.24) is 4.98 Å². The number of anilines is 1. The molecule has 1 aromatic carbocycles. The molecule has 0 saturated heterocycles. The largest absolute Gasteiger partial charge is 0.367 e. The molecule has 1 heterocycles. The first kappa shape index (κ1) is 14.0. The Kier molecular flexibility index (Phi) is 3.71. The molecule has 0 saturated carbocycles. The van der Waals surface area contributed by atoms with Gasteiger partial charge in [-0.15, -0.1) is 0 Å². The Morgan fingerprint density at radius 2 is 1.80 bits per heavy atom. The third-order valence-corrected chi connectivity index (χ3v) is 3.74. The van der Waals surface area contributed by atoms with Crippen molar-refractivity contribution in [3.05, 3.63) is 58.5 Å². The number of H-pyrrole nitrogens is 1. The molecule has 0 atom stereocenters. The summed E-state index contributed by atoms with van der Waals surface area (Å²) in [6, 6.07) is 6.96. The maximum absolute atomic E-state index is 11.9. The van der Waals surface area contributed by atoms with Crippen molar-refractivity contribution in [2.24, 2.45) is 0 Å². The summed E-state index contributed by atoms with van der Waals surface area (Å²) in [7, 11) is -3.27. The van der Waals surface area contributed by atoms with Gasteiger partial charge in [0.15, 0.2) is 15.3 Å². The Bertz CT molecular complexity index is 792. The summed E-state index contributed by atoms with van der Waals surface area (Å²) in [6.45, 7) is 0. The third kappa shape index (κ3) is 3.12. The van der Waals surface area contributed by atoms with Crippen LogP contribution in [0.15, 0.2) is 52.4 Å². The van der Waals surface area contributed by atoms with E-state index in [4.69, 9.17) is 0 Å². The zero-order valence-electron chi connectivity index (χ0n) is 10.6. The molecule has 2 aromatic rings. The molecule has 0 aliphatic heterocycles. The highest BCUT2D eigenvalue weighted by atomic mass is 32.2. The molecule has 2 N–H and O–H groups in total. The molecule has 20 heavy (non-hydrogen) atoms. The lowest BCUT2D eigenvalue weighted by molar-refractivity contribution is 0.102. The van der Waals surface area contributed by atoms with E-state index in [0.29, 0.717) is 5.69 Å². The minimum Gasteiger partial charge on any atom is -0.367 e. The van der Waals surface area contributed by atoms with E-state index in [9.17, 15) is 18.0 Å². The summed E-state index contributed by atoms with van der Waals surface area (Å²) in [5, 5.41) is 2.52. The summed E-state index contributed by atoms with van der Waals surface area (Å²) in [4.78, 5) is 26.2. The lowest BCUT2D eigenvalue weighted by atomic mass is 10.2. The van der Waals surface area contributed by atoms with Crippen LogP contribution >= 0.6 is 0 Å². The molecular weight excluding hydrogens is 280 g/mol. The Hall–Kier alpha value is -2.41. The number of aromatic amines is 1. The normalized spacial score (nSPS) is 11.1. The fourth-order valence-electron chi connectivity index (χ4n) is 1.58. The van der Waals surface area contributed by atoms with Crippen molar-refractivity contribution in [2.45, 2.75) is 4.90 Å². The molecule has 6 nitrogen and oxygen atoms in total. The van der Waals surface area contributed by atoms with Crippen molar-refractivity contribution >= 4 is 21.4 Å². The Morgan fingerprint density at radius 3 is 2.35 bits per heavy atom. The number of pyridine rings is 1. The zero-order valence-corrected chi connectivity index (χ0v) is 11.4. The van der Waals surface area contributed by atoms with Crippen LogP contribution in [0.4, 0.5) is 5.69 Å². The number of nitrogens with one attached hydrogen (secondary N) is 2. The van der Waals surface area contributed by atoms with Crippen molar-refractivity contribution < 1.29 is 13.2 Å². The maximum atomic E-state index is 11.9. The van der Waals surface area contributed by atoms with Crippen molar-refractivity contribution in [3.63, 3.8) is 0 Å². The van der Waals surface area contributed by atoms with Crippen LogP contribution in [0, 0.1) is 0 Å². The topological polar surface area (TPSA) is 96.1 Å². The number of amides is 1. The summed E-state index contributed by atoms with van der Waals surface area (Å²) < 4.78 is 22.6. The number of rotatable bonds is 3. The fraction of sp³-hybridized carbons (Fsp3) is 0.0769. The van der Waals surface area contributed by atoms with E-state index in [1.807, 2.05) is 0 Å². The van der Waals surface area contributed by atoms with Gasteiger partial charge in [0.25, 0.3) is 5.91 Å². The first-order valence-electron chi connectivity index (χ1n) is 5.66. The molecular formula is C13H12N2O4S. The summed E-state index contributed by atoms with van der Waals surface area (Å²) >= 11 is 0. The van der Waals surface area contributed by atoms with Crippen molar-refractivity contribution in [3.8, 4) is 0 Å². The number of carbonyl (C=O) groups excluding carboxylic acids is 1. The Labute approximate surface area is 115 Å². The van der Waals surface area contributed by atoms with Gasteiger partial charge < -0.3 is 10.3 Å². The molecule has 0 aliphatic rings. The number of aromatic nitrogens is 1. The molecule has 1 aromatic heterocycles. The van der Waals surface area contributed by atoms with Crippen LogP contribution in [0.1, 0.15) is 10.4 Å². The smallest absolute Gasteiger partial charge is 0.261 e. The Balaban J connectivity index is 2.21. The van der Waals surface area contributed by atoms with Crippen LogP contribution in [0.25, 0.3) is 0 Å². The van der Waals surface area contributed by atoms with Gasteiger partial charge in [0, 0.05) is 30.4 Å². The Morgan fingerprint density at radius 1 is 1.15 bits per heavy atom. The second kappa shape index (κ2) is 5.30. The van der Waals surface area contributed by atoms with Gasteiger partial charge in [-0.2, -0.15) is 0 Å². The molecule has 1 amide bonds. The fourth-order valence-corrected chi connectivity index (χ4v) is 2.21. The number of hydrogen-bond acceptors (Lipinski definition) is 4. The summed E-state index contributed by atoms with van der Waals surface area (Å²) in [6.07, 6.45) is 3.84. The van der Waals surface area contributed by atoms with Gasteiger partial charge >= 0.3 is 0 Å². The van der Waals surface area contributed by atoms with Crippen LogP contribution in [0.5, 0.6) is 0 Å². The average Bonchev–Trinajstić information content (AvgIpc) is 2.38. The second-order valence-corrected chi connectivity index (χ2v) is 6.19. The van der Waals surface area contributed by atoms with Crippen molar-refractivity contribution in [1.29, 1.82) is 0 Å². The first-order valence-corrected chi connectivity index (χ1v) is 7.55. The minimum absolute atomic E-state index is 0.0142. The average molecular weight is 292 g/mol. The molecule has 104 valence electrons. The third-order valence-electron chi connectivity index (χ3n) is 2.61. The number of carbonyl (C=O) groups is 1. The van der Waals surface area contributed by atoms with E-state index in [2.05, 4.69) is 10.3 Å². The number of sulfone groups is 1. The maximum Gasteiger partial charge on any atom is 0.261 e. The quantitative estimate of drug-likeness (QED) is 0.883. The van der Waals surface area contributed by atoms with Gasteiger partial charge in [0.05, 0.1) is 4.90 Å². The molecule has 0 spiro atoms.